The summed E-state index contributed by atoms with van der Waals surface area (Å²) < 4.78 is 51.4. The first-order valence-electron chi connectivity index (χ1n) is 1.10. The maximum atomic E-state index is 8.56. The van der Waals surface area contributed by atoms with Crippen molar-refractivity contribution in [3.05, 3.63) is 0 Å². The monoisotopic (exact) mass is 538 g/mol. The van der Waals surface area contributed by atoms with Crippen LogP contribution in [0.1, 0.15) is 0 Å². The van der Waals surface area contributed by atoms with E-state index in [1.165, 1.54) is 0 Å². The molecule has 0 aromatic heterocycles. The molecule has 0 spiro atoms. The van der Waals surface area contributed by atoms with Crippen molar-refractivity contribution in [2.24, 2.45) is 0 Å². The van der Waals surface area contributed by atoms with Crippen molar-refractivity contribution in [3.63, 3.8) is 0 Å². The summed E-state index contributed by atoms with van der Waals surface area (Å²) in [5.41, 5.74) is 0. The Morgan fingerprint density at radius 3 is 0.583 bits per heavy atom. The minimum absolute atomic E-state index is 0. The molecule has 0 rings (SSSR count). The van der Waals surface area contributed by atoms with Crippen LogP contribution in [0.15, 0.2) is 0 Å². The topological polar surface area (TPSA) is 126 Å². The van der Waals surface area contributed by atoms with E-state index in [9.17, 15) is 0 Å². The second kappa shape index (κ2) is 31.3. The largest absolute Gasteiger partial charge is 1.00 e. The quantitative estimate of drug-likeness (QED) is 0.301. The smallest absolute Gasteiger partial charge is 1.00 e. The average molecular weight is 540 g/mol. The fourth-order valence-corrected chi connectivity index (χ4v) is 0. The van der Waals surface area contributed by atoms with Gasteiger partial charge in [-0.05, 0) is 0 Å². The van der Waals surface area contributed by atoms with Gasteiger partial charge >= 0.3 is 288 Å². The van der Waals surface area contributed by atoms with E-state index in [4.69, 9.17) is 23.5 Å². The Hall–Kier alpha value is 7.83. The van der Waals surface area contributed by atoms with Gasteiger partial charge in [0.1, 0.15) is 0 Å². The Kier molecular flexibility index (Phi) is 95.9. The normalized spacial score (nSPS) is 4.33. The average Bonchev–Trinajstić information content (AvgIpc) is 1.25. The first-order chi connectivity index (χ1) is 3.46. The molecule has 0 radical (unpaired) electrons. The molecule has 12 heteroatoms. The molecule has 0 aromatic rings. The molecule has 6 nitrogen and oxygen atoms in total. The van der Waals surface area contributed by atoms with E-state index in [2.05, 4.69) is 0 Å². The molecule has 0 aliphatic rings. The summed E-state index contributed by atoms with van der Waals surface area (Å²) >= 11 is -7.88. The summed E-state index contributed by atoms with van der Waals surface area (Å²) in [7, 11) is 0. The first kappa shape index (κ1) is 36.8. The molecule has 0 saturated carbocycles. The third kappa shape index (κ3) is 82.4. The summed E-state index contributed by atoms with van der Waals surface area (Å²) in [5.74, 6) is 0. The van der Waals surface area contributed by atoms with Gasteiger partial charge in [-0.25, -0.2) is 0 Å². The second-order valence-corrected chi connectivity index (χ2v) is 1.84. The van der Waals surface area contributed by atoms with E-state index >= 15 is 0 Å². The maximum absolute atomic E-state index is 8.56. The third-order valence-corrected chi connectivity index (χ3v) is 0. The van der Waals surface area contributed by atoms with Gasteiger partial charge < -0.3 is 0 Å². The molecule has 12 heavy (non-hydrogen) atoms. The van der Waals surface area contributed by atoms with Crippen molar-refractivity contribution >= 4 is 0 Å². The molecular weight excluding hydrogens is 540 g/mol. The van der Waals surface area contributed by atoms with Gasteiger partial charge in [-0.2, -0.15) is 0 Å². The standard InChI is InChI=1S/6O.4Rb.2V/q;;4*-1;4*+1;;. The Morgan fingerprint density at radius 2 is 0.583 bits per heavy atom. The summed E-state index contributed by atoms with van der Waals surface area (Å²) in [6.45, 7) is 0. The van der Waals surface area contributed by atoms with Gasteiger partial charge in [0.15, 0.2) is 0 Å². The number of hydrogen-bond donors (Lipinski definition) is 0. The molecule has 0 heterocycles. The van der Waals surface area contributed by atoms with Gasteiger partial charge in [0, 0.05) is 0 Å². The summed E-state index contributed by atoms with van der Waals surface area (Å²) in [6, 6.07) is 0. The molecule has 0 aromatic carbocycles. The van der Waals surface area contributed by atoms with Crippen molar-refractivity contribution in [1.29, 1.82) is 0 Å². The van der Waals surface area contributed by atoms with Crippen molar-refractivity contribution in [2.45, 2.75) is 0 Å². The van der Waals surface area contributed by atoms with Crippen molar-refractivity contribution in [3.8, 4) is 0 Å². The van der Waals surface area contributed by atoms with Crippen molar-refractivity contribution in [2.75, 3.05) is 0 Å². The van der Waals surface area contributed by atoms with Crippen LogP contribution in [0.5, 0.6) is 0 Å². The van der Waals surface area contributed by atoms with Crippen LogP contribution in [0.2, 0.25) is 0 Å². The van der Waals surface area contributed by atoms with Crippen LogP contribution in [-0.4, -0.2) is 0 Å². The maximum Gasteiger partial charge on any atom is 1.00 e. The van der Waals surface area contributed by atoms with E-state index in [-0.39, 0.29) is 233 Å². The zero-order valence-electron chi connectivity index (χ0n) is 7.34. The fraction of sp³-hybridized carbons (Fsp3) is 0. The Balaban J connectivity index is -0.0000000112. The molecule has 0 atom stereocenters. The molecular formula is O6Rb4V2. The van der Waals surface area contributed by atoms with Gasteiger partial charge in [0.25, 0.3) is 0 Å². The van der Waals surface area contributed by atoms with E-state index in [1.54, 1.807) is 0 Å². The summed E-state index contributed by atoms with van der Waals surface area (Å²) in [6.07, 6.45) is 0. The minimum atomic E-state index is -3.94. The van der Waals surface area contributed by atoms with E-state index < -0.39 is 31.6 Å². The first-order valence-corrected chi connectivity index (χ1v) is 4.52. The second-order valence-electron chi connectivity index (χ2n) is 0.447. The van der Waals surface area contributed by atoms with E-state index in [0.717, 1.165) is 0 Å². The SMILES string of the molecule is [O]=[V]([O-])[O-].[O]=[V]([O-])[O-].[Rb+].[Rb+].[Rb+].[Rb+]. The fourth-order valence-electron chi connectivity index (χ4n) is 0. The van der Waals surface area contributed by atoms with Crippen molar-refractivity contribution < 1.29 is 288 Å². The Bertz CT molecular complexity index is 75.5. The van der Waals surface area contributed by atoms with Crippen LogP contribution in [0.4, 0.5) is 0 Å². The molecule has 0 aliphatic carbocycles. The van der Waals surface area contributed by atoms with Gasteiger partial charge in [-0.15, -0.1) is 0 Å². The van der Waals surface area contributed by atoms with Crippen LogP contribution in [0.25, 0.3) is 0 Å². The molecule has 0 unspecified atom stereocenters. The van der Waals surface area contributed by atoms with Crippen LogP contribution in [0, 0.1) is 0 Å². The molecule has 0 saturated heterocycles. The summed E-state index contributed by atoms with van der Waals surface area (Å²) in [4.78, 5) is 0. The molecule has 0 aliphatic heterocycles. The van der Waals surface area contributed by atoms with Gasteiger partial charge in [0.2, 0.25) is 0 Å². The molecule has 50 valence electrons. The van der Waals surface area contributed by atoms with Crippen LogP contribution in [0.3, 0.4) is 0 Å². The zero-order valence-corrected chi connectivity index (χ0v) is 29.8. The number of rotatable bonds is 0. The minimum Gasteiger partial charge on any atom is 1.00 e. The third-order valence-electron chi connectivity index (χ3n) is 0. The predicted molar refractivity (Wildman–Crippen MR) is 1.37 cm³/mol. The van der Waals surface area contributed by atoms with Gasteiger partial charge in [-0.1, -0.05) is 0 Å². The van der Waals surface area contributed by atoms with Crippen LogP contribution in [-0.2, 0) is 39.0 Å². The number of hydrogen-bond acceptors (Lipinski definition) is 6. The zero-order chi connectivity index (χ0) is 7.15. The van der Waals surface area contributed by atoms with Gasteiger partial charge in [0.05, 0.1) is 0 Å². The molecule has 0 amide bonds. The van der Waals surface area contributed by atoms with Crippen LogP contribution < -0.4 is 249 Å². The van der Waals surface area contributed by atoms with Gasteiger partial charge in [-0.3, -0.25) is 0 Å². The van der Waals surface area contributed by atoms with Crippen LogP contribution >= 0.6 is 0 Å². The van der Waals surface area contributed by atoms with E-state index in [1.807, 2.05) is 0 Å². The predicted octanol–water partition coefficient (Wildman–Crippen LogP) is -17.0. The molecule has 0 N–H and O–H groups in total. The Morgan fingerprint density at radius 1 is 0.583 bits per heavy atom. The Labute approximate surface area is 277 Å². The molecule has 0 bridgehead atoms. The molecule has 0 fully saturated rings. The van der Waals surface area contributed by atoms with E-state index in [0.29, 0.717) is 0 Å². The van der Waals surface area contributed by atoms with Crippen molar-refractivity contribution in [1.82, 2.24) is 0 Å². The summed E-state index contributed by atoms with van der Waals surface area (Å²) in [5, 5.41) is 0.